The van der Waals surface area contributed by atoms with Crippen LogP contribution in [0.1, 0.15) is 64.7 Å². The molecule has 0 aliphatic rings. The van der Waals surface area contributed by atoms with Gasteiger partial charge in [0.05, 0.1) is 0 Å². The first-order chi connectivity index (χ1) is 7.12. The van der Waals surface area contributed by atoms with Crippen molar-refractivity contribution in [2.45, 2.75) is 69.0 Å². The number of hydrogen-bond acceptors (Lipinski definition) is 0. The predicted molar refractivity (Wildman–Crippen MR) is 71.9 cm³/mol. The average Bonchev–Trinajstić information content (AvgIpc) is 2.16. The van der Waals surface area contributed by atoms with E-state index in [0.717, 1.165) is 12.8 Å². The number of unbranched alkanes of at least 4 members (excludes halogenated alkanes) is 6. The minimum Gasteiger partial charge on any atom is -0.103 e. The van der Waals surface area contributed by atoms with Gasteiger partial charge in [-0.1, -0.05) is 57.9 Å². The van der Waals surface area contributed by atoms with Crippen LogP contribution in [0.5, 0.6) is 0 Å². The third-order valence-electron chi connectivity index (χ3n) is 2.59. The molecule has 0 atom stereocenters. The Kier molecular flexibility index (Phi) is 9.74. The Morgan fingerprint density at radius 2 is 1.53 bits per heavy atom. The Labute approximate surface area is 105 Å². The molecule has 90 valence electrons. The quantitative estimate of drug-likeness (QED) is 0.258. The molecule has 0 unspecified atom stereocenters. The summed E-state index contributed by atoms with van der Waals surface area (Å²) >= 11 is 12.2. The maximum absolute atomic E-state index is 6.09. The molecule has 0 fully saturated rings. The molecule has 0 aliphatic heterocycles. The normalized spacial score (nSPS) is 11.7. The van der Waals surface area contributed by atoms with Gasteiger partial charge < -0.3 is 0 Å². The summed E-state index contributed by atoms with van der Waals surface area (Å²) in [6, 6.07) is 0. The fourth-order valence-corrected chi connectivity index (χ4v) is 2.14. The number of hydrogen-bond donors (Lipinski definition) is 0. The fraction of sp³-hybridized carbons (Fsp3) is 0.846. The summed E-state index contributed by atoms with van der Waals surface area (Å²) < 4.78 is -0.578. The molecule has 0 rings (SSSR count). The molecule has 0 aromatic heterocycles. The number of alkyl halides is 2. The van der Waals surface area contributed by atoms with Crippen molar-refractivity contribution in [3.8, 4) is 0 Å². The number of allylic oxidation sites excluding steroid dienone is 1. The molecule has 0 nitrogen and oxygen atoms in total. The van der Waals surface area contributed by atoms with Crippen molar-refractivity contribution in [1.29, 1.82) is 0 Å². The smallest absolute Gasteiger partial charge is 0.103 e. The van der Waals surface area contributed by atoms with Gasteiger partial charge in [-0.05, 0) is 12.8 Å². The maximum Gasteiger partial charge on any atom is 0.121 e. The van der Waals surface area contributed by atoms with Crippen LogP contribution in [0.3, 0.4) is 0 Å². The van der Waals surface area contributed by atoms with Gasteiger partial charge in [-0.3, -0.25) is 0 Å². The molecular weight excluding hydrogens is 227 g/mol. The van der Waals surface area contributed by atoms with E-state index >= 15 is 0 Å². The van der Waals surface area contributed by atoms with Crippen LogP contribution in [0.25, 0.3) is 0 Å². The Hall–Kier alpha value is 0.320. The lowest BCUT2D eigenvalue weighted by molar-refractivity contribution is 0.556. The first-order valence-electron chi connectivity index (χ1n) is 6.11. The van der Waals surface area contributed by atoms with Crippen molar-refractivity contribution < 1.29 is 0 Å². The van der Waals surface area contributed by atoms with Crippen LogP contribution >= 0.6 is 23.2 Å². The average molecular weight is 251 g/mol. The molecule has 0 aromatic carbocycles. The minimum atomic E-state index is -0.578. The van der Waals surface area contributed by atoms with Crippen LogP contribution in [-0.2, 0) is 0 Å². The zero-order valence-corrected chi connectivity index (χ0v) is 11.4. The van der Waals surface area contributed by atoms with E-state index in [2.05, 4.69) is 13.5 Å². The van der Waals surface area contributed by atoms with Crippen LogP contribution in [0, 0.1) is 0 Å². The largest absolute Gasteiger partial charge is 0.121 e. The van der Waals surface area contributed by atoms with E-state index in [0.29, 0.717) is 6.42 Å². The van der Waals surface area contributed by atoms with Gasteiger partial charge in [0.25, 0.3) is 0 Å². The molecular formula is C13H24Cl2. The zero-order valence-electron chi connectivity index (χ0n) is 9.90. The van der Waals surface area contributed by atoms with Crippen LogP contribution in [0.2, 0.25) is 0 Å². The summed E-state index contributed by atoms with van der Waals surface area (Å²) in [6.07, 6.45) is 12.5. The Morgan fingerprint density at radius 3 is 2.07 bits per heavy atom. The molecule has 0 aromatic rings. The molecule has 0 saturated carbocycles. The Balaban J connectivity index is 3.26. The van der Waals surface area contributed by atoms with Crippen molar-refractivity contribution in [3.05, 3.63) is 12.7 Å². The van der Waals surface area contributed by atoms with Gasteiger partial charge in [-0.2, -0.15) is 0 Å². The van der Waals surface area contributed by atoms with Gasteiger partial charge in [-0.15, -0.1) is 29.8 Å². The fourth-order valence-electron chi connectivity index (χ4n) is 1.65. The van der Waals surface area contributed by atoms with E-state index < -0.39 is 4.33 Å². The van der Waals surface area contributed by atoms with E-state index in [1.807, 2.05) is 0 Å². The zero-order chi connectivity index (χ0) is 11.6. The number of rotatable bonds is 10. The van der Waals surface area contributed by atoms with Gasteiger partial charge in [-0.25, -0.2) is 0 Å². The standard InChI is InChI=1S/C13H24Cl2/c1-3-5-6-7-8-9-10-12-13(14,15)11-4-2/h4H,2-3,5-12H2,1H3. The summed E-state index contributed by atoms with van der Waals surface area (Å²) in [6.45, 7) is 5.90. The van der Waals surface area contributed by atoms with Crippen LogP contribution in [0.4, 0.5) is 0 Å². The monoisotopic (exact) mass is 250 g/mol. The van der Waals surface area contributed by atoms with Crippen molar-refractivity contribution in [2.24, 2.45) is 0 Å². The van der Waals surface area contributed by atoms with Crippen LogP contribution in [-0.4, -0.2) is 4.33 Å². The predicted octanol–water partition coefficient (Wildman–Crippen LogP) is 5.88. The molecule has 0 saturated heterocycles. The molecule has 2 heteroatoms. The molecule has 0 amide bonds. The first-order valence-corrected chi connectivity index (χ1v) is 6.86. The van der Waals surface area contributed by atoms with Crippen LogP contribution < -0.4 is 0 Å². The van der Waals surface area contributed by atoms with Crippen LogP contribution in [0.15, 0.2) is 12.7 Å². The molecule has 15 heavy (non-hydrogen) atoms. The highest BCUT2D eigenvalue weighted by Gasteiger charge is 2.20. The van der Waals surface area contributed by atoms with Crippen molar-refractivity contribution in [2.75, 3.05) is 0 Å². The first kappa shape index (κ1) is 15.3. The molecule has 0 heterocycles. The lowest BCUT2D eigenvalue weighted by atomic mass is 10.1. The number of halogens is 2. The Bertz CT molecular complexity index is 153. The summed E-state index contributed by atoms with van der Waals surface area (Å²) in [5.74, 6) is 0. The van der Waals surface area contributed by atoms with E-state index in [1.54, 1.807) is 6.08 Å². The minimum absolute atomic E-state index is 0.578. The molecule has 0 bridgehead atoms. The highest BCUT2D eigenvalue weighted by atomic mass is 35.5. The maximum atomic E-state index is 6.09. The highest BCUT2D eigenvalue weighted by molar-refractivity contribution is 6.48. The van der Waals surface area contributed by atoms with Gasteiger partial charge in [0.1, 0.15) is 4.33 Å². The summed E-state index contributed by atoms with van der Waals surface area (Å²) in [7, 11) is 0. The lowest BCUT2D eigenvalue weighted by Gasteiger charge is -2.16. The summed E-state index contributed by atoms with van der Waals surface area (Å²) in [5.41, 5.74) is 0. The highest BCUT2D eigenvalue weighted by Crippen LogP contribution is 2.31. The molecule has 0 radical (unpaired) electrons. The molecule has 0 N–H and O–H groups in total. The van der Waals surface area contributed by atoms with Crippen molar-refractivity contribution >= 4 is 23.2 Å². The second kappa shape index (κ2) is 9.54. The molecule has 0 aliphatic carbocycles. The van der Waals surface area contributed by atoms with Gasteiger partial charge in [0, 0.05) is 0 Å². The summed E-state index contributed by atoms with van der Waals surface area (Å²) in [4.78, 5) is 0. The van der Waals surface area contributed by atoms with E-state index in [1.165, 1.54) is 38.5 Å². The van der Waals surface area contributed by atoms with E-state index in [4.69, 9.17) is 23.2 Å². The molecule has 0 spiro atoms. The second-order valence-electron chi connectivity index (χ2n) is 4.22. The van der Waals surface area contributed by atoms with Crippen molar-refractivity contribution in [1.82, 2.24) is 0 Å². The lowest BCUT2D eigenvalue weighted by Crippen LogP contribution is -2.10. The summed E-state index contributed by atoms with van der Waals surface area (Å²) in [5, 5.41) is 0. The van der Waals surface area contributed by atoms with E-state index in [-0.39, 0.29) is 0 Å². The second-order valence-corrected chi connectivity index (χ2v) is 5.86. The SMILES string of the molecule is C=CCC(Cl)(Cl)CCCCCCCCC. The van der Waals surface area contributed by atoms with Gasteiger partial charge >= 0.3 is 0 Å². The van der Waals surface area contributed by atoms with E-state index in [9.17, 15) is 0 Å². The third-order valence-corrected chi connectivity index (χ3v) is 3.28. The van der Waals surface area contributed by atoms with Gasteiger partial charge in [0.2, 0.25) is 0 Å². The third kappa shape index (κ3) is 10.6. The topological polar surface area (TPSA) is 0 Å². The Morgan fingerprint density at radius 1 is 1.00 bits per heavy atom. The van der Waals surface area contributed by atoms with Crippen molar-refractivity contribution in [3.63, 3.8) is 0 Å². The van der Waals surface area contributed by atoms with Gasteiger partial charge in [0.15, 0.2) is 0 Å².